The van der Waals surface area contributed by atoms with E-state index >= 15 is 0 Å². The molecule has 6 nitrogen and oxygen atoms in total. The third-order valence-electron chi connectivity index (χ3n) is 4.65. The normalized spacial score (nSPS) is 13.9. The molecule has 1 aliphatic rings. The second kappa shape index (κ2) is 7.52. The van der Waals surface area contributed by atoms with Gasteiger partial charge in [-0.2, -0.15) is 0 Å². The molecule has 0 spiro atoms. The SMILES string of the molecule is Cc1nc(-c2ccccn2)sc1C(=O)O[C@@H](C)C(=O)N1CCc2ccccc21. The minimum atomic E-state index is -0.876. The summed E-state index contributed by atoms with van der Waals surface area (Å²) in [4.78, 5) is 36.2. The highest BCUT2D eigenvalue weighted by atomic mass is 32.1. The van der Waals surface area contributed by atoms with Crippen LogP contribution in [0, 0.1) is 6.92 Å². The zero-order valence-corrected chi connectivity index (χ0v) is 16.4. The fraction of sp³-hybridized carbons (Fsp3) is 0.238. The Hall–Kier alpha value is -3.06. The first-order valence-electron chi connectivity index (χ1n) is 9.03. The van der Waals surface area contributed by atoms with Crippen molar-refractivity contribution in [2.24, 2.45) is 0 Å². The predicted octanol–water partition coefficient (Wildman–Crippen LogP) is 3.65. The summed E-state index contributed by atoms with van der Waals surface area (Å²) in [6, 6.07) is 13.3. The number of nitrogens with zero attached hydrogens (tertiary/aromatic N) is 3. The van der Waals surface area contributed by atoms with Gasteiger partial charge in [0.25, 0.3) is 5.91 Å². The molecule has 0 saturated carbocycles. The van der Waals surface area contributed by atoms with Crippen LogP contribution in [0.3, 0.4) is 0 Å². The maximum absolute atomic E-state index is 12.8. The van der Waals surface area contributed by atoms with Crippen molar-refractivity contribution in [2.75, 3.05) is 11.4 Å². The number of para-hydroxylation sites is 1. The van der Waals surface area contributed by atoms with E-state index in [0.29, 0.717) is 27.8 Å². The molecule has 3 aromatic rings. The van der Waals surface area contributed by atoms with Gasteiger partial charge in [-0.1, -0.05) is 24.3 Å². The number of hydrogen-bond acceptors (Lipinski definition) is 6. The number of amides is 1. The number of pyridine rings is 1. The Balaban J connectivity index is 1.48. The summed E-state index contributed by atoms with van der Waals surface area (Å²) < 4.78 is 5.48. The molecular formula is C21H19N3O3S. The zero-order valence-electron chi connectivity index (χ0n) is 15.6. The van der Waals surface area contributed by atoms with Gasteiger partial charge in [-0.05, 0) is 44.0 Å². The highest BCUT2D eigenvalue weighted by Crippen LogP contribution is 2.29. The van der Waals surface area contributed by atoms with Crippen LogP contribution in [0.5, 0.6) is 0 Å². The van der Waals surface area contributed by atoms with Crippen LogP contribution < -0.4 is 4.90 Å². The lowest BCUT2D eigenvalue weighted by atomic mass is 10.2. The van der Waals surface area contributed by atoms with Crippen LogP contribution in [0.1, 0.15) is 27.9 Å². The molecule has 142 valence electrons. The van der Waals surface area contributed by atoms with Gasteiger partial charge in [0.05, 0.1) is 11.4 Å². The number of fused-ring (bicyclic) bond motifs is 1. The van der Waals surface area contributed by atoms with Gasteiger partial charge in [0, 0.05) is 18.4 Å². The number of carbonyl (C=O) groups excluding carboxylic acids is 2. The zero-order chi connectivity index (χ0) is 19.7. The van der Waals surface area contributed by atoms with Crippen molar-refractivity contribution >= 4 is 28.9 Å². The lowest BCUT2D eigenvalue weighted by Crippen LogP contribution is -2.39. The van der Waals surface area contributed by atoms with Gasteiger partial charge < -0.3 is 9.64 Å². The van der Waals surface area contributed by atoms with Crippen LogP contribution in [-0.2, 0) is 16.0 Å². The maximum atomic E-state index is 12.8. The second-order valence-corrected chi connectivity index (χ2v) is 7.56. The summed E-state index contributed by atoms with van der Waals surface area (Å²) >= 11 is 1.22. The summed E-state index contributed by atoms with van der Waals surface area (Å²) in [7, 11) is 0. The Morgan fingerprint density at radius 3 is 2.75 bits per heavy atom. The molecule has 0 N–H and O–H groups in total. The molecule has 0 saturated heterocycles. The van der Waals surface area contributed by atoms with Gasteiger partial charge in [0.15, 0.2) is 6.10 Å². The number of esters is 1. The van der Waals surface area contributed by atoms with Crippen LogP contribution in [0.2, 0.25) is 0 Å². The number of aromatic nitrogens is 2. The molecule has 7 heteroatoms. The lowest BCUT2D eigenvalue weighted by Gasteiger charge is -2.21. The van der Waals surface area contributed by atoms with Gasteiger partial charge in [-0.25, -0.2) is 9.78 Å². The average molecular weight is 393 g/mol. The summed E-state index contributed by atoms with van der Waals surface area (Å²) in [5.74, 6) is -0.754. The Kier molecular flexibility index (Phi) is 4.92. The molecular weight excluding hydrogens is 374 g/mol. The molecule has 1 amide bonds. The molecule has 0 radical (unpaired) electrons. The fourth-order valence-electron chi connectivity index (χ4n) is 3.24. The van der Waals surface area contributed by atoms with Crippen molar-refractivity contribution in [3.63, 3.8) is 0 Å². The molecule has 1 aliphatic heterocycles. The van der Waals surface area contributed by atoms with Crippen molar-refractivity contribution in [2.45, 2.75) is 26.4 Å². The Bertz CT molecular complexity index is 1030. The van der Waals surface area contributed by atoms with Gasteiger partial charge in [0.1, 0.15) is 9.88 Å². The van der Waals surface area contributed by atoms with E-state index in [0.717, 1.165) is 17.7 Å². The fourth-order valence-corrected chi connectivity index (χ4v) is 4.16. The van der Waals surface area contributed by atoms with E-state index in [1.165, 1.54) is 11.3 Å². The highest BCUT2D eigenvalue weighted by Gasteiger charge is 2.30. The van der Waals surface area contributed by atoms with E-state index in [-0.39, 0.29) is 5.91 Å². The molecule has 0 aliphatic carbocycles. The molecule has 2 aromatic heterocycles. The predicted molar refractivity (Wildman–Crippen MR) is 107 cm³/mol. The van der Waals surface area contributed by atoms with Crippen molar-refractivity contribution < 1.29 is 14.3 Å². The van der Waals surface area contributed by atoms with E-state index in [9.17, 15) is 9.59 Å². The van der Waals surface area contributed by atoms with E-state index in [4.69, 9.17) is 4.74 Å². The number of aryl methyl sites for hydroxylation is 1. The molecule has 0 bridgehead atoms. The average Bonchev–Trinajstić information content (AvgIpc) is 3.32. The molecule has 3 heterocycles. The molecule has 1 aromatic carbocycles. The van der Waals surface area contributed by atoms with Crippen LogP contribution in [0.15, 0.2) is 48.7 Å². The topological polar surface area (TPSA) is 72.4 Å². The second-order valence-electron chi connectivity index (χ2n) is 6.56. The largest absolute Gasteiger partial charge is 0.448 e. The van der Waals surface area contributed by atoms with E-state index in [2.05, 4.69) is 9.97 Å². The first-order chi connectivity index (χ1) is 13.5. The van der Waals surface area contributed by atoms with Crippen molar-refractivity contribution in [3.8, 4) is 10.7 Å². The summed E-state index contributed by atoms with van der Waals surface area (Å²) in [5.41, 5.74) is 3.30. The third-order valence-corrected chi connectivity index (χ3v) is 5.81. The third kappa shape index (κ3) is 3.41. The van der Waals surface area contributed by atoms with Crippen LogP contribution >= 0.6 is 11.3 Å². The first kappa shape index (κ1) is 18.3. The van der Waals surface area contributed by atoms with Crippen LogP contribution in [0.4, 0.5) is 5.69 Å². The summed E-state index contributed by atoms with van der Waals surface area (Å²) in [6.07, 6.45) is 1.61. The number of anilines is 1. The maximum Gasteiger partial charge on any atom is 0.351 e. The molecule has 0 fully saturated rings. The minimum absolute atomic E-state index is 0.217. The van der Waals surface area contributed by atoms with Gasteiger partial charge in [-0.15, -0.1) is 11.3 Å². The highest BCUT2D eigenvalue weighted by molar-refractivity contribution is 7.17. The molecule has 0 unspecified atom stereocenters. The minimum Gasteiger partial charge on any atom is -0.448 e. The molecule has 4 rings (SSSR count). The van der Waals surface area contributed by atoms with Crippen LogP contribution in [-0.4, -0.2) is 34.5 Å². The number of carbonyl (C=O) groups is 2. The Labute approximate surface area is 166 Å². The molecule has 28 heavy (non-hydrogen) atoms. The Morgan fingerprint density at radius 1 is 1.18 bits per heavy atom. The first-order valence-corrected chi connectivity index (χ1v) is 9.85. The number of benzene rings is 1. The van der Waals surface area contributed by atoms with Crippen LogP contribution in [0.25, 0.3) is 10.7 Å². The van der Waals surface area contributed by atoms with Crippen molar-refractivity contribution in [1.82, 2.24) is 9.97 Å². The van der Waals surface area contributed by atoms with Crippen molar-refractivity contribution in [3.05, 3.63) is 64.8 Å². The van der Waals surface area contributed by atoms with E-state index in [1.54, 1.807) is 24.9 Å². The smallest absolute Gasteiger partial charge is 0.351 e. The number of thiazole rings is 1. The lowest BCUT2D eigenvalue weighted by molar-refractivity contribution is -0.126. The standard InChI is InChI=1S/C21H19N3O3S/c1-13-18(28-19(23-13)16-8-5-6-11-22-16)21(26)27-14(2)20(25)24-12-10-15-7-3-4-9-17(15)24/h3-9,11,14H,10,12H2,1-2H3/t14-/m0/s1. The van der Waals surface area contributed by atoms with Gasteiger partial charge in [0.2, 0.25) is 0 Å². The van der Waals surface area contributed by atoms with Gasteiger partial charge in [-0.3, -0.25) is 9.78 Å². The summed E-state index contributed by atoms with van der Waals surface area (Å²) in [6.45, 7) is 3.96. The molecule has 1 atom stereocenters. The van der Waals surface area contributed by atoms with E-state index < -0.39 is 12.1 Å². The van der Waals surface area contributed by atoms with E-state index in [1.807, 2.05) is 42.5 Å². The number of ether oxygens (including phenoxy) is 1. The number of hydrogen-bond donors (Lipinski definition) is 0. The summed E-state index contributed by atoms with van der Waals surface area (Å²) in [5, 5.41) is 0.650. The monoisotopic (exact) mass is 393 g/mol. The van der Waals surface area contributed by atoms with Gasteiger partial charge >= 0.3 is 5.97 Å². The Morgan fingerprint density at radius 2 is 1.96 bits per heavy atom. The number of rotatable bonds is 4. The quantitative estimate of drug-likeness (QED) is 0.633. The van der Waals surface area contributed by atoms with Crippen molar-refractivity contribution in [1.29, 1.82) is 0 Å².